The second kappa shape index (κ2) is 2.90. The van der Waals surface area contributed by atoms with Crippen molar-refractivity contribution in [2.45, 2.75) is 0 Å². The maximum Gasteiger partial charge on any atom is 0.281 e. The van der Waals surface area contributed by atoms with Crippen LogP contribution in [0.1, 0.15) is 5.56 Å². The highest BCUT2D eigenvalue weighted by molar-refractivity contribution is 6.48. The summed E-state index contributed by atoms with van der Waals surface area (Å²) in [6.07, 6.45) is 0. The fourth-order valence-electron chi connectivity index (χ4n) is 1.30. The molecule has 4 nitrogen and oxygen atoms in total. The maximum absolute atomic E-state index is 8.62. The van der Waals surface area contributed by atoms with Gasteiger partial charge >= 0.3 is 0 Å². The van der Waals surface area contributed by atoms with Gasteiger partial charge in [0, 0.05) is 12.6 Å². The molecule has 0 aliphatic carbocycles. The molecule has 0 saturated heterocycles. The number of rotatable bonds is 0. The first-order valence-corrected chi connectivity index (χ1v) is 3.83. The van der Waals surface area contributed by atoms with Crippen molar-refractivity contribution >= 4 is 11.6 Å². The average Bonchev–Trinajstić information content (AvgIpc) is 2.55. The van der Waals surface area contributed by atoms with E-state index >= 15 is 0 Å². The van der Waals surface area contributed by atoms with Crippen LogP contribution in [0.25, 0.3) is 0 Å². The molecule has 0 fully saturated rings. The summed E-state index contributed by atoms with van der Waals surface area (Å²) in [6.45, 7) is 0. The molecule has 0 bridgehead atoms. The van der Waals surface area contributed by atoms with E-state index in [2.05, 4.69) is 10.1 Å². The van der Waals surface area contributed by atoms with E-state index in [4.69, 9.17) is 9.94 Å². The lowest BCUT2D eigenvalue weighted by Crippen LogP contribution is -2.13. The Balaban J connectivity index is 2.59. The molecule has 2 rings (SSSR count). The van der Waals surface area contributed by atoms with E-state index in [1.54, 1.807) is 13.1 Å². The van der Waals surface area contributed by atoms with E-state index < -0.39 is 0 Å². The highest BCUT2D eigenvalue weighted by Crippen LogP contribution is 2.25. The van der Waals surface area contributed by atoms with Crippen molar-refractivity contribution in [3.05, 3.63) is 29.8 Å². The topological polar surface area (TPSA) is 54.2 Å². The first-order valence-electron chi connectivity index (χ1n) is 3.83. The van der Waals surface area contributed by atoms with Gasteiger partial charge in [0.05, 0.1) is 0 Å². The van der Waals surface area contributed by atoms with Gasteiger partial charge in [0.25, 0.3) is 5.90 Å². The van der Waals surface area contributed by atoms with Crippen molar-refractivity contribution < 1.29 is 9.94 Å². The standard InChI is InChI=1S/C9H8N2O2/c1-10-8-6-4-2-3-5-7(6)13-9(8)11-12/h2-5,12H,1H3/b10-8?,11-9-. The quantitative estimate of drug-likeness (QED) is 0.478. The van der Waals surface area contributed by atoms with Gasteiger partial charge in [-0.1, -0.05) is 12.1 Å². The van der Waals surface area contributed by atoms with E-state index in [0.717, 1.165) is 5.56 Å². The molecule has 0 radical (unpaired) electrons. The molecule has 0 saturated carbocycles. The van der Waals surface area contributed by atoms with Crippen molar-refractivity contribution in [2.24, 2.45) is 10.1 Å². The number of benzene rings is 1. The summed E-state index contributed by atoms with van der Waals surface area (Å²) in [5.74, 6) is 0.833. The molecule has 0 amide bonds. The van der Waals surface area contributed by atoms with Crippen LogP contribution in [0.2, 0.25) is 0 Å². The average molecular weight is 176 g/mol. The first-order chi connectivity index (χ1) is 6.36. The third-order valence-corrected chi connectivity index (χ3v) is 1.87. The summed E-state index contributed by atoms with van der Waals surface area (Å²) in [7, 11) is 1.63. The van der Waals surface area contributed by atoms with Crippen LogP contribution in [-0.4, -0.2) is 23.9 Å². The van der Waals surface area contributed by atoms with E-state index in [9.17, 15) is 0 Å². The Morgan fingerprint density at radius 1 is 1.31 bits per heavy atom. The van der Waals surface area contributed by atoms with Gasteiger partial charge < -0.3 is 9.94 Å². The van der Waals surface area contributed by atoms with Crippen molar-refractivity contribution in [2.75, 3.05) is 7.05 Å². The Kier molecular flexibility index (Phi) is 1.73. The van der Waals surface area contributed by atoms with Gasteiger partial charge in [0.1, 0.15) is 11.5 Å². The number of hydrogen-bond acceptors (Lipinski definition) is 4. The molecular weight excluding hydrogens is 168 g/mol. The van der Waals surface area contributed by atoms with Gasteiger partial charge in [-0.15, -0.1) is 0 Å². The van der Waals surface area contributed by atoms with Crippen LogP contribution < -0.4 is 4.74 Å². The molecule has 0 spiro atoms. The van der Waals surface area contributed by atoms with Gasteiger partial charge in [0.15, 0.2) is 0 Å². The minimum absolute atomic E-state index is 0.156. The highest BCUT2D eigenvalue weighted by atomic mass is 16.5. The summed E-state index contributed by atoms with van der Waals surface area (Å²) in [5.41, 5.74) is 1.44. The molecule has 1 heterocycles. The second-order valence-corrected chi connectivity index (χ2v) is 2.58. The van der Waals surface area contributed by atoms with Crippen molar-refractivity contribution in [3.8, 4) is 5.75 Å². The molecule has 13 heavy (non-hydrogen) atoms. The molecule has 1 aromatic rings. The summed E-state index contributed by atoms with van der Waals surface area (Å²) in [4.78, 5) is 3.98. The number of ether oxygens (including phenoxy) is 1. The lowest BCUT2D eigenvalue weighted by molar-refractivity contribution is 0.307. The van der Waals surface area contributed by atoms with Crippen molar-refractivity contribution in [1.29, 1.82) is 0 Å². The first kappa shape index (κ1) is 7.79. The zero-order valence-electron chi connectivity index (χ0n) is 7.06. The van der Waals surface area contributed by atoms with Crippen molar-refractivity contribution in [1.82, 2.24) is 0 Å². The molecule has 1 aliphatic rings. The van der Waals surface area contributed by atoms with Crippen LogP contribution in [0.5, 0.6) is 5.75 Å². The van der Waals surface area contributed by atoms with E-state index in [1.165, 1.54) is 0 Å². The monoisotopic (exact) mass is 176 g/mol. The molecule has 1 aromatic carbocycles. The minimum atomic E-state index is 0.156. The van der Waals surface area contributed by atoms with Crippen LogP contribution in [0.3, 0.4) is 0 Å². The predicted molar refractivity (Wildman–Crippen MR) is 48.8 cm³/mol. The molecule has 1 aliphatic heterocycles. The molecule has 0 unspecified atom stereocenters. The smallest absolute Gasteiger partial charge is 0.281 e. The van der Waals surface area contributed by atoms with Crippen LogP contribution in [0.4, 0.5) is 0 Å². The van der Waals surface area contributed by atoms with Gasteiger partial charge in [-0.3, -0.25) is 4.99 Å². The Morgan fingerprint density at radius 2 is 2.08 bits per heavy atom. The highest BCUT2D eigenvalue weighted by Gasteiger charge is 2.25. The summed E-state index contributed by atoms with van der Waals surface area (Å²) in [5, 5.41) is 11.6. The fraction of sp³-hybridized carbons (Fsp3) is 0.111. The normalized spacial score (nSPS) is 20.4. The molecular formula is C9H8N2O2. The number of aliphatic imine (C=N–C) groups is 1. The molecule has 66 valence electrons. The Bertz CT molecular complexity index is 396. The molecule has 0 aromatic heterocycles. The molecule has 1 N–H and O–H groups in total. The fourth-order valence-corrected chi connectivity index (χ4v) is 1.30. The Hall–Kier alpha value is -1.84. The zero-order valence-corrected chi connectivity index (χ0v) is 7.06. The maximum atomic E-state index is 8.62. The van der Waals surface area contributed by atoms with E-state index in [1.807, 2.05) is 18.2 Å². The molecule has 4 heteroatoms. The van der Waals surface area contributed by atoms with Crippen LogP contribution in [-0.2, 0) is 0 Å². The van der Waals surface area contributed by atoms with Crippen molar-refractivity contribution in [3.63, 3.8) is 0 Å². The SMILES string of the molecule is CN=C1/C(=N/O)Oc2ccccc21. The van der Waals surface area contributed by atoms with Gasteiger partial charge in [-0.2, -0.15) is 0 Å². The Labute approximate surface area is 75.2 Å². The number of para-hydroxylation sites is 1. The lowest BCUT2D eigenvalue weighted by atomic mass is 10.1. The number of fused-ring (bicyclic) bond motifs is 1. The zero-order chi connectivity index (χ0) is 9.26. The van der Waals surface area contributed by atoms with Gasteiger partial charge in [-0.05, 0) is 17.3 Å². The lowest BCUT2D eigenvalue weighted by Gasteiger charge is -1.92. The van der Waals surface area contributed by atoms with Crippen LogP contribution in [0, 0.1) is 0 Å². The summed E-state index contributed by atoms with van der Waals surface area (Å²) < 4.78 is 5.23. The number of nitrogens with zero attached hydrogens (tertiary/aromatic N) is 2. The molecule has 0 atom stereocenters. The number of oxime groups is 1. The third-order valence-electron chi connectivity index (χ3n) is 1.87. The van der Waals surface area contributed by atoms with Crippen LogP contribution in [0.15, 0.2) is 34.4 Å². The number of hydrogen-bond donors (Lipinski definition) is 1. The van der Waals surface area contributed by atoms with Gasteiger partial charge in [-0.25, -0.2) is 0 Å². The largest absolute Gasteiger partial charge is 0.434 e. The Morgan fingerprint density at radius 3 is 2.77 bits per heavy atom. The summed E-state index contributed by atoms with van der Waals surface area (Å²) in [6, 6.07) is 7.41. The van der Waals surface area contributed by atoms with E-state index in [0.29, 0.717) is 11.5 Å². The third kappa shape index (κ3) is 1.07. The van der Waals surface area contributed by atoms with Crippen LogP contribution >= 0.6 is 0 Å². The second-order valence-electron chi connectivity index (χ2n) is 2.58. The predicted octanol–water partition coefficient (Wildman–Crippen LogP) is 1.29. The van der Waals surface area contributed by atoms with Gasteiger partial charge in [0.2, 0.25) is 0 Å². The summed E-state index contributed by atoms with van der Waals surface area (Å²) >= 11 is 0. The minimum Gasteiger partial charge on any atom is -0.434 e. The van der Waals surface area contributed by atoms with E-state index in [-0.39, 0.29) is 5.90 Å².